The van der Waals surface area contributed by atoms with Gasteiger partial charge in [-0.3, -0.25) is 4.79 Å². The van der Waals surface area contributed by atoms with E-state index in [9.17, 15) is 4.79 Å². The fourth-order valence-electron chi connectivity index (χ4n) is 2.05. The van der Waals surface area contributed by atoms with Crippen molar-refractivity contribution in [2.24, 2.45) is 0 Å². The lowest BCUT2D eigenvalue weighted by molar-refractivity contribution is 0.102. The van der Waals surface area contributed by atoms with E-state index < -0.39 is 0 Å². The minimum atomic E-state index is -0.226. The molecule has 1 aromatic heterocycles. The third kappa shape index (κ3) is 3.03. The summed E-state index contributed by atoms with van der Waals surface area (Å²) in [5, 5.41) is 4.40. The topological polar surface area (TPSA) is 42.0 Å². The molecule has 0 unspecified atom stereocenters. The lowest BCUT2D eigenvalue weighted by atomic mass is 10.2. The monoisotopic (exact) mass is 296 g/mol. The number of aryl methyl sites for hydroxylation is 1. The number of nitrogens with one attached hydrogen (secondary N) is 1. The molecule has 0 radical (unpaired) electrons. The normalized spacial score (nSPS) is 10.6. The number of hydrogen-bond donors (Lipinski definition) is 1. The number of pyridine rings is 1. The summed E-state index contributed by atoms with van der Waals surface area (Å²) < 4.78 is 0. The average molecular weight is 297 g/mol. The molecular formula is C17H13ClN2O. The predicted molar refractivity (Wildman–Crippen MR) is 85.9 cm³/mol. The number of carbonyl (C=O) groups excluding carboxylic acids is 1. The number of amides is 1. The minimum Gasteiger partial charge on any atom is -0.321 e. The van der Waals surface area contributed by atoms with Crippen molar-refractivity contribution in [3.05, 3.63) is 70.9 Å². The number of carbonyl (C=O) groups is 1. The van der Waals surface area contributed by atoms with Crippen LogP contribution in [-0.4, -0.2) is 10.9 Å². The van der Waals surface area contributed by atoms with Gasteiger partial charge in [-0.05, 0) is 43.3 Å². The van der Waals surface area contributed by atoms with Crippen LogP contribution in [0, 0.1) is 6.92 Å². The lowest BCUT2D eigenvalue weighted by Crippen LogP contribution is -2.13. The second-order valence-corrected chi connectivity index (χ2v) is 5.29. The predicted octanol–water partition coefficient (Wildman–Crippen LogP) is 4.45. The molecule has 3 aromatic rings. The number of benzene rings is 2. The zero-order valence-electron chi connectivity index (χ0n) is 11.4. The van der Waals surface area contributed by atoms with Crippen molar-refractivity contribution >= 4 is 34.1 Å². The molecule has 0 saturated carbocycles. The van der Waals surface area contributed by atoms with Gasteiger partial charge in [0.1, 0.15) is 5.69 Å². The fourth-order valence-corrected chi connectivity index (χ4v) is 2.24. The van der Waals surface area contributed by atoms with Crippen molar-refractivity contribution in [1.82, 2.24) is 4.98 Å². The standard InChI is InChI=1S/C17H13ClN2O/c1-11-2-6-14(7-3-11)19-17(21)16-8-4-12-10-13(18)5-9-15(12)20-16/h2-10H,1H3,(H,19,21). The Balaban J connectivity index is 1.87. The molecule has 0 fully saturated rings. The maximum absolute atomic E-state index is 12.2. The number of aromatic nitrogens is 1. The molecule has 21 heavy (non-hydrogen) atoms. The Kier molecular flexibility index (Phi) is 3.59. The first kappa shape index (κ1) is 13.6. The van der Waals surface area contributed by atoms with Crippen LogP contribution < -0.4 is 5.32 Å². The van der Waals surface area contributed by atoms with Crippen LogP contribution in [0.4, 0.5) is 5.69 Å². The molecule has 0 aliphatic carbocycles. The molecule has 3 nitrogen and oxygen atoms in total. The second kappa shape index (κ2) is 5.54. The van der Waals surface area contributed by atoms with Crippen LogP contribution in [0.5, 0.6) is 0 Å². The highest BCUT2D eigenvalue weighted by atomic mass is 35.5. The third-order valence-electron chi connectivity index (χ3n) is 3.19. The van der Waals surface area contributed by atoms with Crippen molar-refractivity contribution in [2.75, 3.05) is 5.32 Å². The molecule has 0 spiro atoms. The Morgan fingerprint density at radius 2 is 1.81 bits per heavy atom. The molecule has 0 bridgehead atoms. The van der Waals surface area contributed by atoms with Crippen LogP contribution in [-0.2, 0) is 0 Å². The van der Waals surface area contributed by atoms with E-state index in [1.165, 1.54) is 0 Å². The highest BCUT2D eigenvalue weighted by Crippen LogP contribution is 2.18. The molecule has 104 valence electrons. The zero-order valence-corrected chi connectivity index (χ0v) is 12.2. The summed E-state index contributed by atoms with van der Waals surface area (Å²) in [6.45, 7) is 2.00. The summed E-state index contributed by atoms with van der Waals surface area (Å²) in [6, 6.07) is 16.6. The molecule has 0 saturated heterocycles. The highest BCUT2D eigenvalue weighted by Gasteiger charge is 2.08. The summed E-state index contributed by atoms with van der Waals surface area (Å²) in [5.74, 6) is -0.226. The number of hydrogen-bond acceptors (Lipinski definition) is 2. The van der Waals surface area contributed by atoms with Crippen LogP contribution in [0.1, 0.15) is 16.1 Å². The van der Waals surface area contributed by atoms with Gasteiger partial charge in [0, 0.05) is 16.1 Å². The first-order valence-corrected chi connectivity index (χ1v) is 6.94. The first-order valence-electron chi connectivity index (χ1n) is 6.56. The van der Waals surface area contributed by atoms with Gasteiger partial charge in [0.05, 0.1) is 5.52 Å². The molecule has 1 heterocycles. The average Bonchev–Trinajstić information content (AvgIpc) is 2.49. The molecule has 3 rings (SSSR count). The number of fused-ring (bicyclic) bond motifs is 1. The van der Waals surface area contributed by atoms with Gasteiger partial charge in [-0.1, -0.05) is 35.4 Å². The molecule has 1 amide bonds. The summed E-state index contributed by atoms with van der Waals surface area (Å²) in [6.07, 6.45) is 0. The molecule has 1 N–H and O–H groups in total. The van der Waals surface area contributed by atoms with E-state index in [4.69, 9.17) is 11.6 Å². The Hall–Kier alpha value is -2.39. The van der Waals surface area contributed by atoms with Gasteiger partial charge in [0.2, 0.25) is 0 Å². The number of nitrogens with zero attached hydrogens (tertiary/aromatic N) is 1. The highest BCUT2D eigenvalue weighted by molar-refractivity contribution is 6.31. The summed E-state index contributed by atoms with van der Waals surface area (Å²) in [4.78, 5) is 16.6. The first-order chi connectivity index (χ1) is 10.1. The molecule has 4 heteroatoms. The third-order valence-corrected chi connectivity index (χ3v) is 3.43. The molecular weight excluding hydrogens is 284 g/mol. The Bertz CT molecular complexity index is 813. The van der Waals surface area contributed by atoms with Crippen LogP contribution in [0.15, 0.2) is 54.6 Å². The molecule has 0 aliphatic rings. The quantitative estimate of drug-likeness (QED) is 0.759. The van der Waals surface area contributed by atoms with E-state index >= 15 is 0 Å². The van der Waals surface area contributed by atoms with Gasteiger partial charge in [-0.2, -0.15) is 0 Å². The van der Waals surface area contributed by atoms with Gasteiger partial charge in [0.25, 0.3) is 5.91 Å². The largest absolute Gasteiger partial charge is 0.321 e. The number of anilines is 1. The summed E-state index contributed by atoms with van der Waals surface area (Å²) in [7, 11) is 0. The fraction of sp³-hybridized carbons (Fsp3) is 0.0588. The molecule has 0 atom stereocenters. The van der Waals surface area contributed by atoms with Crippen LogP contribution >= 0.6 is 11.6 Å². The van der Waals surface area contributed by atoms with Gasteiger partial charge in [-0.25, -0.2) is 4.98 Å². The van der Waals surface area contributed by atoms with Crippen molar-refractivity contribution in [3.63, 3.8) is 0 Å². The Labute approximate surface area is 127 Å². The van der Waals surface area contributed by atoms with Gasteiger partial charge in [-0.15, -0.1) is 0 Å². The Morgan fingerprint density at radius 1 is 1.05 bits per heavy atom. The van der Waals surface area contributed by atoms with Crippen molar-refractivity contribution in [3.8, 4) is 0 Å². The number of rotatable bonds is 2. The summed E-state index contributed by atoms with van der Waals surface area (Å²) >= 11 is 5.93. The van der Waals surface area contributed by atoms with E-state index in [2.05, 4.69) is 10.3 Å². The van der Waals surface area contributed by atoms with E-state index in [-0.39, 0.29) is 5.91 Å². The minimum absolute atomic E-state index is 0.226. The van der Waals surface area contributed by atoms with E-state index in [0.29, 0.717) is 10.7 Å². The second-order valence-electron chi connectivity index (χ2n) is 4.85. The Morgan fingerprint density at radius 3 is 2.57 bits per heavy atom. The maximum atomic E-state index is 12.2. The number of halogens is 1. The maximum Gasteiger partial charge on any atom is 0.274 e. The lowest BCUT2D eigenvalue weighted by Gasteiger charge is -2.06. The molecule has 0 aliphatic heterocycles. The van der Waals surface area contributed by atoms with Crippen LogP contribution in [0.3, 0.4) is 0 Å². The van der Waals surface area contributed by atoms with Crippen molar-refractivity contribution in [2.45, 2.75) is 6.92 Å². The summed E-state index contributed by atoms with van der Waals surface area (Å²) in [5.41, 5.74) is 3.03. The van der Waals surface area contributed by atoms with Gasteiger partial charge >= 0.3 is 0 Å². The molecule has 2 aromatic carbocycles. The van der Waals surface area contributed by atoms with Crippen LogP contribution in [0.2, 0.25) is 5.02 Å². The van der Waals surface area contributed by atoms with E-state index in [1.807, 2.05) is 43.3 Å². The van der Waals surface area contributed by atoms with Crippen molar-refractivity contribution < 1.29 is 4.79 Å². The smallest absolute Gasteiger partial charge is 0.274 e. The van der Waals surface area contributed by atoms with E-state index in [1.54, 1.807) is 18.2 Å². The van der Waals surface area contributed by atoms with Crippen molar-refractivity contribution in [1.29, 1.82) is 0 Å². The van der Waals surface area contributed by atoms with E-state index in [0.717, 1.165) is 22.2 Å². The van der Waals surface area contributed by atoms with Gasteiger partial charge < -0.3 is 5.32 Å². The van der Waals surface area contributed by atoms with Crippen LogP contribution in [0.25, 0.3) is 10.9 Å². The SMILES string of the molecule is Cc1ccc(NC(=O)c2ccc3cc(Cl)ccc3n2)cc1. The van der Waals surface area contributed by atoms with Gasteiger partial charge in [0.15, 0.2) is 0 Å². The zero-order chi connectivity index (χ0) is 14.8.